The Bertz CT molecular complexity index is 524. The maximum absolute atomic E-state index is 5.68. The van der Waals surface area contributed by atoms with E-state index in [4.69, 9.17) is 9.73 Å². The lowest BCUT2D eigenvalue weighted by molar-refractivity contribution is 0.264. The molecule has 24 heavy (non-hydrogen) atoms. The summed E-state index contributed by atoms with van der Waals surface area (Å²) in [6, 6.07) is 8.68. The van der Waals surface area contributed by atoms with Gasteiger partial charge < -0.3 is 20.3 Å². The zero-order valence-electron chi connectivity index (χ0n) is 15.5. The molecule has 0 amide bonds. The van der Waals surface area contributed by atoms with Crippen molar-refractivity contribution < 1.29 is 4.74 Å². The molecule has 1 aromatic rings. The number of nitrogens with one attached hydrogen (secondary N) is 2. The van der Waals surface area contributed by atoms with Crippen molar-refractivity contribution in [3.05, 3.63) is 29.8 Å². The molecule has 5 nitrogen and oxygen atoms in total. The molecule has 1 aliphatic rings. The van der Waals surface area contributed by atoms with Crippen LogP contribution in [0, 0.1) is 5.92 Å². The maximum atomic E-state index is 5.68. The van der Waals surface area contributed by atoms with Crippen molar-refractivity contribution in [3.8, 4) is 5.75 Å². The average Bonchev–Trinajstić information content (AvgIpc) is 3.39. The first-order valence-electron chi connectivity index (χ1n) is 9.05. The lowest BCUT2D eigenvalue weighted by Gasteiger charge is -2.25. The highest BCUT2D eigenvalue weighted by molar-refractivity contribution is 5.79. The lowest BCUT2D eigenvalue weighted by Crippen LogP contribution is -2.46. The molecule has 0 heterocycles. The summed E-state index contributed by atoms with van der Waals surface area (Å²) in [5.74, 6) is 2.62. The molecule has 0 saturated heterocycles. The third-order valence-corrected chi connectivity index (χ3v) is 4.33. The van der Waals surface area contributed by atoms with Crippen LogP contribution in [0.2, 0.25) is 0 Å². The number of benzene rings is 1. The van der Waals surface area contributed by atoms with Gasteiger partial charge in [0.15, 0.2) is 5.96 Å². The largest absolute Gasteiger partial charge is 0.494 e. The molecule has 134 valence electrons. The van der Waals surface area contributed by atoms with Crippen LogP contribution in [0.3, 0.4) is 0 Å². The Balaban J connectivity index is 1.97. The Hall–Kier alpha value is -1.75. The highest BCUT2D eigenvalue weighted by atomic mass is 16.5. The number of ether oxygens (including phenoxy) is 1. The Labute approximate surface area is 146 Å². The summed E-state index contributed by atoms with van der Waals surface area (Å²) in [6.45, 7) is 7.17. The van der Waals surface area contributed by atoms with E-state index in [1.807, 2.05) is 25.1 Å². The second kappa shape index (κ2) is 9.52. The highest BCUT2D eigenvalue weighted by Gasteiger charge is 2.32. The standard InChI is InChI=1S/C19H32N4O/c1-5-20-19(22-14-17(23(3)4)15-11-12-15)21-13-16-9-7-8-10-18(16)24-6-2/h7-10,15,17H,5-6,11-14H2,1-4H3,(H2,20,21,22). The molecule has 0 aromatic heterocycles. The van der Waals surface area contributed by atoms with Crippen LogP contribution in [-0.4, -0.2) is 50.7 Å². The summed E-state index contributed by atoms with van der Waals surface area (Å²) in [7, 11) is 4.32. The van der Waals surface area contributed by atoms with Crippen molar-refractivity contribution in [2.24, 2.45) is 10.9 Å². The monoisotopic (exact) mass is 332 g/mol. The van der Waals surface area contributed by atoms with Crippen molar-refractivity contribution >= 4 is 5.96 Å². The Morgan fingerprint density at radius 3 is 2.62 bits per heavy atom. The van der Waals surface area contributed by atoms with Crippen LogP contribution in [0.15, 0.2) is 29.3 Å². The minimum atomic E-state index is 0.574. The molecule has 1 unspecified atom stereocenters. The quantitative estimate of drug-likeness (QED) is 0.539. The summed E-state index contributed by atoms with van der Waals surface area (Å²) in [5, 5.41) is 6.84. The minimum Gasteiger partial charge on any atom is -0.494 e. The molecule has 2 N–H and O–H groups in total. The van der Waals surface area contributed by atoms with E-state index in [0.717, 1.165) is 36.3 Å². The van der Waals surface area contributed by atoms with Crippen LogP contribution in [0.5, 0.6) is 5.75 Å². The number of aliphatic imine (C=N–C) groups is 1. The Morgan fingerprint density at radius 1 is 1.25 bits per heavy atom. The molecule has 0 bridgehead atoms. The molecular weight excluding hydrogens is 300 g/mol. The van der Waals surface area contributed by atoms with Crippen molar-refractivity contribution in [1.82, 2.24) is 15.5 Å². The second-order valence-electron chi connectivity index (χ2n) is 6.49. The molecule has 1 fully saturated rings. The number of para-hydroxylation sites is 1. The van der Waals surface area contributed by atoms with E-state index in [2.05, 4.69) is 42.6 Å². The maximum Gasteiger partial charge on any atom is 0.191 e. The van der Waals surface area contributed by atoms with Crippen molar-refractivity contribution in [2.75, 3.05) is 33.8 Å². The molecule has 1 saturated carbocycles. The van der Waals surface area contributed by atoms with Crippen LogP contribution in [0.4, 0.5) is 0 Å². The fourth-order valence-corrected chi connectivity index (χ4v) is 2.89. The first-order valence-corrected chi connectivity index (χ1v) is 9.05. The number of rotatable bonds is 9. The van der Waals surface area contributed by atoms with E-state index in [-0.39, 0.29) is 0 Å². The van der Waals surface area contributed by atoms with E-state index < -0.39 is 0 Å². The van der Waals surface area contributed by atoms with Gasteiger partial charge >= 0.3 is 0 Å². The van der Waals surface area contributed by atoms with Gasteiger partial charge in [0, 0.05) is 24.7 Å². The normalized spacial score (nSPS) is 16.1. The van der Waals surface area contributed by atoms with Gasteiger partial charge in [0.1, 0.15) is 5.75 Å². The number of hydrogen-bond acceptors (Lipinski definition) is 3. The van der Waals surface area contributed by atoms with E-state index in [1.165, 1.54) is 12.8 Å². The Kier molecular flexibility index (Phi) is 7.37. The summed E-state index contributed by atoms with van der Waals surface area (Å²) in [6.07, 6.45) is 2.69. The van der Waals surface area contributed by atoms with Gasteiger partial charge in [0.05, 0.1) is 13.2 Å². The SMILES string of the molecule is CCNC(=NCc1ccccc1OCC)NCC(C1CC1)N(C)C. The molecule has 5 heteroatoms. The van der Waals surface area contributed by atoms with Crippen molar-refractivity contribution in [2.45, 2.75) is 39.3 Å². The summed E-state index contributed by atoms with van der Waals surface area (Å²) in [5.41, 5.74) is 1.11. The van der Waals surface area contributed by atoms with Gasteiger partial charge in [-0.3, -0.25) is 0 Å². The smallest absolute Gasteiger partial charge is 0.191 e. The van der Waals surface area contributed by atoms with Crippen molar-refractivity contribution in [3.63, 3.8) is 0 Å². The van der Waals surface area contributed by atoms with Crippen molar-refractivity contribution in [1.29, 1.82) is 0 Å². The molecule has 0 spiro atoms. The predicted octanol–water partition coefficient (Wildman–Crippen LogP) is 2.48. The van der Waals surface area contributed by atoms with Crippen LogP contribution < -0.4 is 15.4 Å². The predicted molar refractivity (Wildman–Crippen MR) is 101 cm³/mol. The van der Waals surface area contributed by atoms with Gasteiger partial charge in [-0.25, -0.2) is 4.99 Å². The zero-order valence-corrected chi connectivity index (χ0v) is 15.5. The number of hydrogen-bond donors (Lipinski definition) is 2. The topological polar surface area (TPSA) is 48.9 Å². The third-order valence-electron chi connectivity index (χ3n) is 4.33. The summed E-state index contributed by atoms with van der Waals surface area (Å²) >= 11 is 0. The van der Waals surface area contributed by atoms with Gasteiger partial charge in [0.2, 0.25) is 0 Å². The van der Waals surface area contributed by atoms with Crippen LogP contribution >= 0.6 is 0 Å². The van der Waals surface area contributed by atoms with E-state index in [0.29, 0.717) is 19.2 Å². The molecular formula is C19H32N4O. The second-order valence-corrected chi connectivity index (χ2v) is 6.49. The van der Waals surface area contributed by atoms with Crippen LogP contribution in [0.25, 0.3) is 0 Å². The first kappa shape index (κ1) is 18.6. The van der Waals surface area contributed by atoms with Gasteiger partial charge in [-0.05, 0) is 52.8 Å². The molecule has 1 atom stereocenters. The van der Waals surface area contributed by atoms with Gasteiger partial charge in [-0.2, -0.15) is 0 Å². The number of guanidine groups is 1. The van der Waals surface area contributed by atoms with Gasteiger partial charge in [-0.15, -0.1) is 0 Å². The van der Waals surface area contributed by atoms with Crippen LogP contribution in [-0.2, 0) is 6.54 Å². The Morgan fingerprint density at radius 2 is 2.00 bits per heavy atom. The fourth-order valence-electron chi connectivity index (χ4n) is 2.89. The number of likely N-dealkylation sites (N-methyl/N-ethyl adjacent to an activating group) is 1. The molecule has 2 rings (SSSR count). The molecule has 0 radical (unpaired) electrons. The van der Waals surface area contributed by atoms with Crippen LogP contribution in [0.1, 0.15) is 32.3 Å². The molecule has 0 aliphatic heterocycles. The summed E-state index contributed by atoms with van der Waals surface area (Å²) < 4.78 is 5.68. The van der Waals surface area contributed by atoms with E-state index in [9.17, 15) is 0 Å². The minimum absolute atomic E-state index is 0.574. The van der Waals surface area contributed by atoms with Gasteiger partial charge in [-0.1, -0.05) is 18.2 Å². The number of nitrogens with zero attached hydrogens (tertiary/aromatic N) is 2. The van der Waals surface area contributed by atoms with E-state index >= 15 is 0 Å². The fraction of sp³-hybridized carbons (Fsp3) is 0.632. The third kappa shape index (κ3) is 5.71. The first-order chi connectivity index (χ1) is 11.7. The van der Waals surface area contributed by atoms with E-state index in [1.54, 1.807) is 0 Å². The zero-order chi connectivity index (χ0) is 17.4. The molecule has 1 aromatic carbocycles. The summed E-state index contributed by atoms with van der Waals surface area (Å²) in [4.78, 5) is 7.05. The average molecular weight is 332 g/mol. The lowest BCUT2D eigenvalue weighted by atomic mass is 10.1. The van der Waals surface area contributed by atoms with Gasteiger partial charge in [0.25, 0.3) is 0 Å². The molecule has 1 aliphatic carbocycles. The highest BCUT2D eigenvalue weighted by Crippen LogP contribution is 2.34.